The highest BCUT2D eigenvalue weighted by Gasteiger charge is 2.12. The van der Waals surface area contributed by atoms with Gasteiger partial charge in [-0.05, 0) is 55.7 Å². The third kappa shape index (κ3) is 5.92. The highest BCUT2D eigenvalue weighted by Crippen LogP contribution is 2.26. The van der Waals surface area contributed by atoms with Crippen LogP contribution in [0.2, 0.25) is 5.02 Å². The zero-order valence-corrected chi connectivity index (χ0v) is 17.8. The van der Waals surface area contributed by atoms with Crippen molar-refractivity contribution in [3.63, 3.8) is 0 Å². The van der Waals surface area contributed by atoms with Crippen LogP contribution in [0.15, 0.2) is 23.0 Å². The van der Waals surface area contributed by atoms with Crippen LogP contribution in [0.5, 0.6) is 0 Å². The average Bonchev–Trinajstić information content (AvgIpc) is 2.59. The molecule has 0 saturated heterocycles. The zero-order chi connectivity index (χ0) is 20.8. The lowest BCUT2D eigenvalue weighted by Gasteiger charge is -2.15. The van der Waals surface area contributed by atoms with Crippen molar-refractivity contribution in [1.29, 1.82) is 0 Å². The molecule has 0 fully saturated rings. The first-order valence-electron chi connectivity index (χ1n) is 9.26. The van der Waals surface area contributed by atoms with Gasteiger partial charge in [-0.2, -0.15) is 0 Å². The molecule has 3 N–H and O–H groups in total. The maximum Gasteiger partial charge on any atom is 0.252 e. The molecule has 0 aliphatic carbocycles. The molecule has 28 heavy (non-hydrogen) atoms. The number of pyridine rings is 1. The molecule has 152 valence electrons. The fraction of sp³-hybridized carbons (Fsp3) is 0.429. The summed E-state index contributed by atoms with van der Waals surface area (Å²) in [5, 5.41) is 6.56. The van der Waals surface area contributed by atoms with Crippen molar-refractivity contribution in [1.82, 2.24) is 10.3 Å². The van der Waals surface area contributed by atoms with Crippen molar-refractivity contribution in [2.45, 2.75) is 47.8 Å². The molecule has 1 aromatic carbocycles. The molecule has 1 amide bonds. The Balaban J connectivity index is 1.94. The summed E-state index contributed by atoms with van der Waals surface area (Å²) in [6.07, 6.45) is 0. The van der Waals surface area contributed by atoms with E-state index in [-0.39, 0.29) is 24.1 Å². The number of ether oxygens (including phenoxy) is 1. The van der Waals surface area contributed by atoms with E-state index < -0.39 is 0 Å². The van der Waals surface area contributed by atoms with Crippen LogP contribution in [0.25, 0.3) is 0 Å². The predicted molar refractivity (Wildman–Crippen MR) is 113 cm³/mol. The second-order valence-electron chi connectivity index (χ2n) is 7.24. The molecule has 0 aliphatic heterocycles. The molecule has 0 saturated carbocycles. The van der Waals surface area contributed by atoms with Crippen molar-refractivity contribution in [3.8, 4) is 0 Å². The molecule has 0 unspecified atom stereocenters. The van der Waals surface area contributed by atoms with Crippen molar-refractivity contribution in [3.05, 3.63) is 61.5 Å². The smallest absolute Gasteiger partial charge is 0.252 e. The number of hydrogen-bond donors (Lipinski definition) is 3. The quantitative estimate of drug-likeness (QED) is 0.460. The van der Waals surface area contributed by atoms with E-state index in [0.717, 1.165) is 22.4 Å². The van der Waals surface area contributed by atoms with Crippen LogP contribution in [0.4, 0.5) is 5.69 Å². The number of amides is 1. The van der Waals surface area contributed by atoms with E-state index in [0.29, 0.717) is 29.4 Å². The fourth-order valence-electron chi connectivity index (χ4n) is 2.80. The maximum atomic E-state index is 12.0. The van der Waals surface area contributed by atoms with Gasteiger partial charge >= 0.3 is 0 Å². The van der Waals surface area contributed by atoms with E-state index >= 15 is 0 Å². The van der Waals surface area contributed by atoms with E-state index in [1.165, 1.54) is 0 Å². The lowest BCUT2D eigenvalue weighted by molar-refractivity contribution is -0.118. The van der Waals surface area contributed by atoms with Crippen molar-refractivity contribution in [2.75, 3.05) is 12.0 Å². The summed E-state index contributed by atoms with van der Waals surface area (Å²) >= 11 is 6.19. The van der Waals surface area contributed by atoms with Crippen LogP contribution in [-0.4, -0.2) is 17.6 Å². The second kappa shape index (κ2) is 9.87. The van der Waals surface area contributed by atoms with E-state index in [1.54, 1.807) is 6.07 Å². The van der Waals surface area contributed by atoms with Crippen molar-refractivity contribution < 1.29 is 9.53 Å². The van der Waals surface area contributed by atoms with E-state index in [4.69, 9.17) is 16.3 Å². The molecular formula is C21H28ClN3O3. The largest absolute Gasteiger partial charge is 0.362 e. The number of nitrogens with one attached hydrogen (secondary N) is 3. The summed E-state index contributed by atoms with van der Waals surface area (Å²) in [6, 6.07) is 5.52. The number of carbonyl (C=O) groups is 1. The third-order valence-electron chi connectivity index (χ3n) is 4.52. The number of aromatic nitrogens is 1. The SMILES string of the molecule is Cc1cc(C)c(CNCOCc2cc(Cl)cc(NC(=O)C(C)C)c2C)c(=O)[nH]1. The number of H-pyrrole nitrogens is 1. The van der Waals surface area contributed by atoms with Crippen LogP contribution in [0.1, 0.15) is 41.8 Å². The summed E-state index contributed by atoms with van der Waals surface area (Å²) in [7, 11) is 0. The number of hydrogen-bond acceptors (Lipinski definition) is 4. The van der Waals surface area contributed by atoms with E-state index in [9.17, 15) is 9.59 Å². The number of rotatable bonds is 8. The Bertz CT molecular complexity index is 906. The fourth-order valence-corrected chi connectivity index (χ4v) is 3.04. The Morgan fingerprint density at radius 3 is 2.57 bits per heavy atom. The van der Waals surface area contributed by atoms with Crippen LogP contribution in [0, 0.1) is 26.7 Å². The van der Waals surface area contributed by atoms with Crippen LogP contribution in [-0.2, 0) is 22.7 Å². The van der Waals surface area contributed by atoms with Gasteiger partial charge in [-0.15, -0.1) is 0 Å². The minimum Gasteiger partial charge on any atom is -0.362 e. The van der Waals surface area contributed by atoms with Gasteiger partial charge in [0.1, 0.15) is 0 Å². The average molecular weight is 406 g/mol. The summed E-state index contributed by atoms with van der Waals surface area (Å²) in [5.74, 6) is -0.173. The van der Waals surface area contributed by atoms with Gasteiger partial charge in [-0.1, -0.05) is 25.4 Å². The first kappa shape index (κ1) is 22.1. The molecule has 2 aromatic rings. The molecule has 7 heteroatoms. The first-order chi connectivity index (χ1) is 13.2. The number of aromatic amines is 1. The number of aryl methyl sites for hydroxylation is 2. The molecule has 0 spiro atoms. The maximum absolute atomic E-state index is 12.0. The molecule has 0 bridgehead atoms. The Morgan fingerprint density at radius 2 is 1.93 bits per heavy atom. The molecule has 2 rings (SSSR count). The lowest BCUT2D eigenvalue weighted by Crippen LogP contribution is -2.24. The van der Waals surface area contributed by atoms with Gasteiger partial charge in [-0.25, -0.2) is 0 Å². The van der Waals surface area contributed by atoms with Crippen molar-refractivity contribution in [2.24, 2.45) is 5.92 Å². The van der Waals surface area contributed by atoms with E-state index in [1.807, 2.05) is 46.8 Å². The molecule has 0 aliphatic rings. The second-order valence-corrected chi connectivity index (χ2v) is 7.68. The molecule has 1 aromatic heterocycles. The predicted octanol–water partition coefficient (Wildman–Crippen LogP) is 3.81. The molecule has 0 radical (unpaired) electrons. The summed E-state index contributed by atoms with van der Waals surface area (Å²) in [4.78, 5) is 26.8. The summed E-state index contributed by atoms with van der Waals surface area (Å²) in [5.41, 5.74) is 4.93. The molecule has 6 nitrogen and oxygen atoms in total. The van der Waals surface area contributed by atoms with Crippen LogP contribution < -0.4 is 16.2 Å². The summed E-state index contributed by atoms with van der Waals surface area (Å²) in [6.45, 7) is 10.4. The van der Waals surface area contributed by atoms with E-state index in [2.05, 4.69) is 15.6 Å². The minimum atomic E-state index is -0.115. The molecule has 1 heterocycles. The molecular weight excluding hydrogens is 378 g/mol. The number of carbonyl (C=O) groups excluding carboxylic acids is 1. The zero-order valence-electron chi connectivity index (χ0n) is 17.0. The normalized spacial score (nSPS) is 11.1. The van der Waals surface area contributed by atoms with Gasteiger partial charge in [0.2, 0.25) is 5.91 Å². The Hall–Kier alpha value is -2.15. The number of benzene rings is 1. The van der Waals surface area contributed by atoms with Gasteiger partial charge in [0.25, 0.3) is 5.56 Å². The van der Waals surface area contributed by atoms with Gasteiger partial charge in [0.15, 0.2) is 0 Å². The number of anilines is 1. The minimum absolute atomic E-state index is 0.0578. The van der Waals surface area contributed by atoms with Gasteiger partial charge < -0.3 is 15.0 Å². The summed E-state index contributed by atoms with van der Waals surface area (Å²) < 4.78 is 5.69. The van der Waals surface area contributed by atoms with Gasteiger partial charge in [-0.3, -0.25) is 14.9 Å². The monoisotopic (exact) mass is 405 g/mol. The highest BCUT2D eigenvalue weighted by molar-refractivity contribution is 6.31. The van der Waals surface area contributed by atoms with Crippen LogP contribution in [0.3, 0.4) is 0 Å². The Morgan fingerprint density at radius 1 is 1.21 bits per heavy atom. The Kier molecular flexibility index (Phi) is 7.80. The highest BCUT2D eigenvalue weighted by atomic mass is 35.5. The third-order valence-corrected chi connectivity index (χ3v) is 4.74. The first-order valence-corrected chi connectivity index (χ1v) is 9.64. The van der Waals surface area contributed by atoms with Crippen molar-refractivity contribution >= 4 is 23.2 Å². The standard InChI is InChI=1S/C21H28ClN3O3/c1-12(2)20(26)25-19-8-17(22)7-16(15(19)5)10-28-11-23-9-18-13(3)6-14(4)24-21(18)27/h6-8,12,23H,9-11H2,1-5H3,(H,24,27)(H,25,26). The molecule has 0 atom stereocenters. The van der Waals surface area contributed by atoms with Gasteiger partial charge in [0.05, 0.1) is 13.3 Å². The van der Waals surface area contributed by atoms with Crippen LogP contribution >= 0.6 is 11.6 Å². The topological polar surface area (TPSA) is 83.2 Å². The lowest BCUT2D eigenvalue weighted by atomic mass is 10.1. The number of halogens is 1. The Labute approximate surface area is 170 Å². The van der Waals surface area contributed by atoms with Gasteiger partial charge in [0, 0.05) is 34.4 Å².